The van der Waals surface area contributed by atoms with Crippen molar-refractivity contribution in [3.8, 4) is 11.6 Å². The van der Waals surface area contributed by atoms with Gasteiger partial charge in [0.2, 0.25) is 11.8 Å². The van der Waals surface area contributed by atoms with Gasteiger partial charge in [-0.2, -0.15) is 0 Å². The van der Waals surface area contributed by atoms with Crippen molar-refractivity contribution >= 4 is 11.6 Å². The second kappa shape index (κ2) is 7.45. The van der Waals surface area contributed by atoms with Crippen LogP contribution in [0.25, 0.3) is 0 Å². The molecule has 1 aromatic carbocycles. The maximum Gasteiger partial charge on any atom is 0.228 e. The maximum atomic E-state index is 12.4. The van der Waals surface area contributed by atoms with Gasteiger partial charge in [-0.15, -0.1) is 0 Å². The van der Waals surface area contributed by atoms with Gasteiger partial charge in [-0.1, -0.05) is 6.07 Å². The van der Waals surface area contributed by atoms with E-state index in [0.29, 0.717) is 11.6 Å². The Morgan fingerprint density at radius 3 is 2.92 bits per heavy atom. The first kappa shape index (κ1) is 16.5. The fourth-order valence-electron chi connectivity index (χ4n) is 2.78. The highest BCUT2D eigenvalue weighted by molar-refractivity contribution is 5.93. The molecule has 126 valence electrons. The van der Waals surface area contributed by atoms with E-state index in [9.17, 15) is 4.79 Å². The third-order valence-corrected chi connectivity index (χ3v) is 4.23. The molecule has 1 unspecified atom stereocenters. The summed E-state index contributed by atoms with van der Waals surface area (Å²) in [7, 11) is 0. The van der Waals surface area contributed by atoms with Crippen LogP contribution in [0.3, 0.4) is 0 Å². The molecule has 2 heterocycles. The van der Waals surface area contributed by atoms with Crippen molar-refractivity contribution in [3.63, 3.8) is 0 Å². The molecule has 1 atom stereocenters. The van der Waals surface area contributed by atoms with E-state index in [4.69, 9.17) is 4.74 Å². The quantitative estimate of drug-likeness (QED) is 0.904. The molecule has 1 aliphatic heterocycles. The molecule has 1 aliphatic rings. The first-order valence-electron chi connectivity index (χ1n) is 8.34. The Kier molecular flexibility index (Phi) is 5.11. The Labute approximate surface area is 142 Å². The van der Waals surface area contributed by atoms with E-state index in [1.54, 1.807) is 6.20 Å². The van der Waals surface area contributed by atoms with Crippen LogP contribution < -0.4 is 15.4 Å². The van der Waals surface area contributed by atoms with E-state index >= 15 is 0 Å². The molecule has 0 bridgehead atoms. The van der Waals surface area contributed by atoms with Crippen molar-refractivity contribution in [2.24, 2.45) is 5.92 Å². The van der Waals surface area contributed by atoms with Gasteiger partial charge in [-0.05, 0) is 56.5 Å². The molecule has 2 aromatic rings. The second-order valence-corrected chi connectivity index (χ2v) is 6.29. The molecular weight excluding hydrogens is 302 g/mol. The highest BCUT2D eigenvalue weighted by Crippen LogP contribution is 2.27. The molecule has 3 rings (SSSR count). The second-order valence-electron chi connectivity index (χ2n) is 6.29. The molecular formula is C19H23N3O2. The lowest BCUT2D eigenvalue weighted by atomic mass is 9.99. The normalized spacial score (nSPS) is 17.3. The Morgan fingerprint density at radius 2 is 2.17 bits per heavy atom. The molecule has 1 aromatic heterocycles. The number of nitrogens with one attached hydrogen (secondary N) is 2. The van der Waals surface area contributed by atoms with E-state index in [1.165, 1.54) is 0 Å². The fraction of sp³-hybridized carbons (Fsp3) is 0.368. The zero-order valence-electron chi connectivity index (χ0n) is 14.1. The Hall–Kier alpha value is -2.40. The summed E-state index contributed by atoms with van der Waals surface area (Å²) in [5.41, 5.74) is 2.83. The van der Waals surface area contributed by atoms with Gasteiger partial charge in [0.05, 0.1) is 5.92 Å². The highest BCUT2D eigenvalue weighted by atomic mass is 16.5. The number of nitrogens with zero attached hydrogens (tertiary/aromatic N) is 1. The van der Waals surface area contributed by atoms with E-state index in [-0.39, 0.29) is 11.8 Å². The molecule has 5 nitrogen and oxygen atoms in total. The van der Waals surface area contributed by atoms with Gasteiger partial charge >= 0.3 is 0 Å². The maximum absolute atomic E-state index is 12.4. The number of pyridine rings is 1. The number of amides is 1. The van der Waals surface area contributed by atoms with Crippen molar-refractivity contribution in [3.05, 3.63) is 47.7 Å². The number of piperidine rings is 1. The van der Waals surface area contributed by atoms with Crippen LogP contribution in [0.2, 0.25) is 0 Å². The number of carbonyl (C=O) groups is 1. The SMILES string of the molecule is Cc1ccnc(Oc2cc(NC(=O)C3CCCNC3)ccc2C)c1. The van der Waals surface area contributed by atoms with Gasteiger partial charge in [0, 0.05) is 30.6 Å². The van der Waals surface area contributed by atoms with E-state index in [1.807, 2.05) is 44.2 Å². The molecule has 1 fully saturated rings. The lowest BCUT2D eigenvalue weighted by Crippen LogP contribution is -2.37. The van der Waals surface area contributed by atoms with E-state index < -0.39 is 0 Å². The van der Waals surface area contributed by atoms with Crippen LogP contribution in [-0.4, -0.2) is 24.0 Å². The van der Waals surface area contributed by atoms with Gasteiger partial charge in [0.15, 0.2) is 0 Å². The Morgan fingerprint density at radius 1 is 1.29 bits per heavy atom. The van der Waals surface area contributed by atoms with Gasteiger partial charge in [0.1, 0.15) is 5.75 Å². The summed E-state index contributed by atoms with van der Waals surface area (Å²) in [4.78, 5) is 16.6. The van der Waals surface area contributed by atoms with Crippen LogP contribution in [-0.2, 0) is 4.79 Å². The molecule has 0 radical (unpaired) electrons. The Balaban J connectivity index is 1.72. The van der Waals surface area contributed by atoms with Crippen LogP contribution in [0.4, 0.5) is 5.69 Å². The van der Waals surface area contributed by atoms with Crippen molar-refractivity contribution in [1.82, 2.24) is 10.3 Å². The number of ether oxygens (including phenoxy) is 1. The van der Waals surface area contributed by atoms with Gasteiger partial charge < -0.3 is 15.4 Å². The summed E-state index contributed by atoms with van der Waals surface area (Å²) in [5, 5.41) is 6.26. The van der Waals surface area contributed by atoms with Crippen molar-refractivity contribution < 1.29 is 9.53 Å². The van der Waals surface area contributed by atoms with Gasteiger partial charge in [0.25, 0.3) is 0 Å². The van der Waals surface area contributed by atoms with Crippen molar-refractivity contribution in [2.75, 3.05) is 18.4 Å². The van der Waals surface area contributed by atoms with Crippen LogP contribution in [0.5, 0.6) is 11.6 Å². The highest BCUT2D eigenvalue weighted by Gasteiger charge is 2.21. The minimum atomic E-state index is 0.0304. The van der Waals surface area contributed by atoms with Crippen molar-refractivity contribution in [2.45, 2.75) is 26.7 Å². The lowest BCUT2D eigenvalue weighted by Gasteiger charge is -2.22. The number of benzene rings is 1. The van der Waals surface area contributed by atoms with Gasteiger partial charge in [-0.25, -0.2) is 4.98 Å². The first-order chi connectivity index (χ1) is 11.6. The fourth-order valence-corrected chi connectivity index (χ4v) is 2.78. The van der Waals surface area contributed by atoms with Gasteiger partial charge in [-0.3, -0.25) is 4.79 Å². The minimum Gasteiger partial charge on any atom is -0.439 e. The summed E-state index contributed by atoms with van der Waals surface area (Å²) >= 11 is 0. The predicted molar refractivity (Wildman–Crippen MR) is 94.5 cm³/mol. The number of hydrogen-bond donors (Lipinski definition) is 2. The molecule has 24 heavy (non-hydrogen) atoms. The number of rotatable bonds is 4. The van der Waals surface area contributed by atoms with Crippen LogP contribution >= 0.6 is 0 Å². The van der Waals surface area contributed by atoms with Crippen LogP contribution in [0.1, 0.15) is 24.0 Å². The standard InChI is InChI=1S/C19H23N3O2/c1-13-7-9-21-18(10-13)24-17-11-16(6-5-14(17)2)22-19(23)15-4-3-8-20-12-15/h5-7,9-11,15,20H,3-4,8,12H2,1-2H3,(H,22,23). The first-order valence-corrected chi connectivity index (χ1v) is 8.34. The lowest BCUT2D eigenvalue weighted by molar-refractivity contribution is -0.120. The number of aromatic nitrogens is 1. The number of hydrogen-bond acceptors (Lipinski definition) is 4. The average molecular weight is 325 g/mol. The van der Waals surface area contributed by atoms with Crippen LogP contribution in [0.15, 0.2) is 36.5 Å². The minimum absolute atomic E-state index is 0.0304. The number of aryl methyl sites for hydroxylation is 2. The molecule has 5 heteroatoms. The molecule has 1 saturated heterocycles. The summed E-state index contributed by atoms with van der Waals surface area (Å²) in [6.07, 6.45) is 3.70. The topological polar surface area (TPSA) is 63.2 Å². The number of carbonyl (C=O) groups excluding carboxylic acids is 1. The molecule has 1 amide bonds. The summed E-state index contributed by atoms with van der Waals surface area (Å²) in [5.74, 6) is 1.35. The summed E-state index contributed by atoms with van der Waals surface area (Å²) < 4.78 is 5.88. The van der Waals surface area contributed by atoms with E-state index in [2.05, 4.69) is 15.6 Å². The molecule has 0 spiro atoms. The summed E-state index contributed by atoms with van der Waals surface area (Å²) in [6, 6.07) is 9.51. The van der Waals surface area contributed by atoms with Crippen LogP contribution in [0, 0.1) is 19.8 Å². The average Bonchev–Trinajstić information content (AvgIpc) is 2.59. The molecule has 0 saturated carbocycles. The Bertz CT molecular complexity index is 724. The van der Waals surface area contributed by atoms with E-state index in [0.717, 1.165) is 42.7 Å². The monoisotopic (exact) mass is 325 g/mol. The summed E-state index contributed by atoms with van der Waals surface area (Å²) in [6.45, 7) is 5.71. The number of anilines is 1. The smallest absolute Gasteiger partial charge is 0.228 e. The third kappa shape index (κ3) is 4.11. The predicted octanol–water partition coefficient (Wildman–Crippen LogP) is 3.43. The largest absolute Gasteiger partial charge is 0.439 e. The molecule has 2 N–H and O–H groups in total. The third-order valence-electron chi connectivity index (χ3n) is 4.23. The van der Waals surface area contributed by atoms with Crippen molar-refractivity contribution in [1.29, 1.82) is 0 Å². The molecule has 0 aliphatic carbocycles. The zero-order chi connectivity index (χ0) is 16.9. The zero-order valence-corrected chi connectivity index (χ0v) is 14.1.